The Kier molecular flexibility index (Phi) is 6.94. The van der Waals surface area contributed by atoms with Gasteiger partial charge in [0.2, 0.25) is 0 Å². The Morgan fingerprint density at radius 3 is 2.57 bits per heavy atom. The molecule has 0 aromatic heterocycles. The van der Waals surface area contributed by atoms with Gasteiger partial charge in [-0.15, -0.1) is 0 Å². The van der Waals surface area contributed by atoms with E-state index >= 15 is 0 Å². The average molecular weight is 326 g/mol. The number of aliphatic hydroxyl groups is 1. The largest absolute Gasteiger partial charge is 0.480 e. The Morgan fingerprint density at radius 1 is 1.35 bits per heavy atom. The molecule has 2 atom stereocenters. The number of hydrogen-bond acceptors (Lipinski definition) is 6. The van der Waals surface area contributed by atoms with E-state index in [4.69, 9.17) is 20.4 Å². The molecule has 0 aromatic rings. The molecular weight excluding hydrogens is 308 g/mol. The van der Waals surface area contributed by atoms with Crippen molar-refractivity contribution < 1.29 is 34.8 Å². The van der Waals surface area contributed by atoms with Gasteiger partial charge in [-0.3, -0.25) is 4.99 Å². The molecular formula is C14H18N2O7. The summed E-state index contributed by atoms with van der Waals surface area (Å²) in [4.78, 5) is 36.8. The lowest BCUT2D eigenvalue weighted by Gasteiger charge is -2.21. The molecule has 23 heavy (non-hydrogen) atoms. The minimum atomic E-state index is -1.29. The van der Waals surface area contributed by atoms with Crippen molar-refractivity contribution in [2.75, 3.05) is 6.61 Å². The molecule has 9 nitrogen and oxygen atoms in total. The van der Waals surface area contributed by atoms with Gasteiger partial charge in [0.25, 0.3) is 0 Å². The van der Waals surface area contributed by atoms with Gasteiger partial charge in [-0.1, -0.05) is 0 Å². The van der Waals surface area contributed by atoms with E-state index in [1.165, 1.54) is 18.4 Å². The first-order valence-corrected chi connectivity index (χ1v) is 6.85. The number of aliphatic carboxylic acids is 3. The van der Waals surface area contributed by atoms with Gasteiger partial charge in [0.15, 0.2) is 0 Å². The number of carboxylic acids is 3. The number of aliphatic hydroxyl groups excluding tert-OH is 1. The summed E-state index contributed by atoms with van der Waals surface area (Å²) < 4.78 is 0. The predicted octanol–water partition coefficient (Wildman–Crippen LogP) is -0.376. The molecule has 0 spiro atoms. The van der Waals surface area contributed by atoms with Gasteiger partial charge in [0.05, 0.1) is 0 Å². The van der Waals surface area contributed by atoms with Crippen molar-refractivity contribution >= 4 is 24.1 Å². The van der Waals surface area contributed by atoms with Crippen molar-refractivity contribution in [2.45, 2.75) is 31.3 Å². The first kappa shape index (κ1) is 18.4. The maximum Gasteiger partial charge on any atom is 0.351 e. The third-order valence-corrected chi connectivity index (χ3v) is 3.10. The molecule has 1 aliphatic rings. The second-order valence-corrected chi connectivity index (χ2v) is 4.86. The van der Waals surface area contributed by atoms with Crippen LogP contribution in [0.25, 0.3) is 0 Å². The van der Waals surface area contributed by atoms with Crippen LogP contribution in [0.1, 0.15) is 19.3 Å². The van der Waals surface area contributed by atoms with E-state index in [1.54, 1.807) is 0 Å². The molecule has 0 amide bonds. The standard InChI is InChI=1S/C14H18N2O7/c17-5-1-2-9(12(18)19)15-4-3-8-6-10(13(20)21)16-11(7-8)14(22)23/h3-4,6,9,11,16-17H,1-2,5,7H2,(H,18,19)(H,20,21)(H,22,23)/b8-3-,15-4?/t9-,11-/m0/s1. The highest BCUT2D eigenvalue weighted by Crippen LogP contribution is 2.16. The number of hydrogen-bond donors (Lipinski definition) is 5. The van der Waals surface area contributed by atoms with Gasteiger partial charge in [-0.05, 0) is 30.6 Å². The molecule has 126 valence electrons. The van der Waals surface area contributed by atoms with Crippen LogP contribution in [0.15, 0.2) is 28.4 Å². The lowest BCUT2D eigenvalue weighted by molar-refractivity contribution is -0.140. The predicted molar refractivity (Wildman–Crippen MR) is 79.2 cm³/mol. The van der Waals surface area contributed by atoms with Gasteiger partial charge in [-0.2, -0.15) is 0 Å². The Hall–Kier alpha value is -2.68. The Morgan fingerprint density at radius 2 is 2.04 bits per heavy atom. The topological polar surface area (TPSA) is 157 Å². The van der Waals surface area contributed by atoms with Gasteiger partial charge >= 0.3 is 17.9 Å². The molecule has 0 saturated heterocycles. The molecule has 1 rings (SSSR count). The van der Waals surface area contributed by atoms with Crippen LogP contribution < -0.4 is 5.32 Å². The Balaban J connectivity index is 2.89. The first-order valence-electron chi connectivity index (χ1n) is 6.85. The van der Waals surface area contributed by atoms with Crippen molar-refractivity contribution in [3.63, 3.8) is 0 Å². The van der Waals surface area contributed by atoms with E-state index in [2.05, 4.69) is 10.3 Å². The summed E-state index contributed by atoms with van der Waals surface area (Å²) in [5.74, 6) is -3.61. The maximum absolute atomic E-state index is 11.0. The van der Waals surface area contributed by atoms with Crippen molar-refractivity contribution in [2.24, 2.45) is 4.99 Å². The van der Waals surface area contributed by atoms with Crippen LogP contribution in [-0.4, -0.2) is 63.2 Å². The second-order valence-electron chi connectivity index (χ2n) is 4.86. The fourth-order valence-corrected chi connectivity index (χ4v) is 1.94. The van der Waals surface area contributed by atoms with E-state index in [0.717, 1.165) is 0 Å². The van der Waals surface area contributed by atoms with Crippen molar-refractivity contribution in [3.8, 4) is 0 Å². The number of rotatable bonds is 8. The molecule has 0 unspecified atom stereocenters. The molecule has 0 aliphatic carbocycles. The molecule has 1 aliphatic heterocycles. The van der Waals surface area contributed by atoms with Crippen LogP contribution in [0.2, 0.25) is 0 Å². The lowest BCUT2D eigenvalue weighted by atomic mass is 10.00. The molecule has 0 aromatic carbocycles. The minimum Gasteiger partial charge on any atom is -0.480 e. The minimum absolute atomic E-state index is 0.0481. The van der Waals surface area contributed by atoms with E-state index in [1.807, 2.05) is 0 Å². The highest BCUT2D eigenvalue weighted by molar-refractivity contribution is 5.89. The number of allylic oxidation sites excluding steroid dienone is 2. The molecule has 5 N–H and O–H groups in total. The Labute approximate surface area is 131 Å². The zero-order chi connectivity index (χ0) is 17.4. The number of carbonyl (C=O) groups is 3. The molecule has 0 fully saturated rings. The zero-order valence-electron chi connectivity index (χ0n) is 12.2. The Bertz CT molecular complexity index is 565. The number of nitrogens with zero attached hydrogens (tertiary/aromatic N) is 1. The van der Waals surface area contributed by atoms with Crippen LogP contribution in [0.4, 0.5) is 0 Å². The number of aliphatic imine (C=N–C) groups is 1. The zero-order valence-corrected chi connectivity index (χ0v) is 12.2. The molecule has 1 heterocycles. The summed E-state index contributed by atoms with van der Waals surface area (Å²) in [7, 11) is 0. The number of nitrogens with one attached hydrogen (secondary N) is 1. The summed E-state index contributed by atoms with van der Waals surface area (Å²) in [6, 6.07) is -2.09. The second kappa shape index (κ2) is 8.69. The normalized spacial score (nSPS) is 20.8. The van der Waals surface area contributed by atoms with E-state index in [9.17, 15) is 14.4 Å². The highest BCUT2D eigenvalue weighted by atomic mass is 16.4. The van der Waals surface area contributed by atoms with Crippen molar-refractivity contribution in [1.29, 1.82) is 0 Å². The van der Waals surface area contributed by atoms with Crippen molar-refractivity contribution in [3.05, 3.63) is 23.4 Å². The van der Waals surface area contributed by atoms with Crippen LogP contribution in [0.3, 0.4) is 0 Å². The summed E-state index contributed by atoms with van der Waals surface area (Å²) in [6.07, 6.45) is 4.38. The third kappa shape index (κ3) is 5.91. The van der Waals surface area contributed by atoms with Crippen LogP contribution in [-0.2, 0) is 14.4 Å². The first-order chi connectivity index (χ1) is 10.8. The van der Waals surface area contributed by atoms with Crippen LogP contribution in [0, 0.1) is 0 Å². The van der Waals surface area contributed by atoms with E-state index < -0.39 is 30.0 Å². The number of carboxylic acid groups (broad SMARTS) is 3. The van der Waals surface area contributed by atoms with Crippen molar-refractivity contribution in [1.82, 2.24) is 5.32 Å². The molecule has 0 saturated carbocycles. The molecule has 0 bridgehead atoms. The van der Waals surface area contributed by atoms with Gasteiger partial charge in [0, 0.05) is 19.2 Å². The van der Waals surface area contributed by atoms with E-state index in [-0.39, 0.29) is 25.1 Å². The fourth-order valence-electron chi connectivity index (χ4n) is 1.94. The highest BCUT2D eigenvalue weighted by Gasteiger charge is 2.26. The van der Waals surface area contributed by atoms with Gasteiger partial charge < -0.3 is 25.7 Å². The van der Waals surface area contributed by atoms with Crippen LogP contribution in [0.5, 0.6) is 0 Å². The fraction of sp³-hybridized carbons (Fsp3) is 0.429. The maximum atomic E-state index is 11.0. The van der Waals surface area contributed by atoms with Crippen LogP contribution >= 0.6 is 0 Å². The smallest absolute Gasteiger partial charge is 0.351 e. The van der Waals surface area contributed by atoms with Gasteiger partial charge in [0.1, 0.15) is 17.8 Å². The summed E-state index contributed by atoms with van der Waals surface area (Å²) in [5, 5.41) is 38.0. The molecule has 0 radical (unpaired) electrons. The summed E-state index contributed by atoms with van der Waals surface area (Å²) in [6.45, 7) is -0.142. The molecule has 9 heteroatoms. The van der Waals surface area contributed by atoms with E-state index in [0.29, 0.717) is 12.0 Å². The lowest BCUT2D eigenvalue weighted by Crippen LogP contribution is -2.41. The average Bonchev–Trinajstić information content (AvgIpc) is 2.49. The monoisotopic (exact) mass is 326 g/mol. The third-order valence-electron chi connectivity index (χ3n) is 3.10. The summed E-state index contributed by atoms with van der Waals surface area (Å²) in [5.41, 5.74) is 0.155. The SMILES string of the molecule is O=C(O)C1=C/C(=C/C=N[C@@H](CCCO)C(=O)O)C[C@@H](C(=O)O)N1. The summed E-state index contributed by atoms with van der Waals surface area (Å²) >= 11 is 0. The van der Waals surface area contributed by atoms with Gasteiger partial charge in [-0.25, -0.2) is 14.4 Å². The quantitative estimate of drug-likeness (QED) is 0.378.